The quantitative estimate of drug-likeness (QED) is 0.642. The average Bonchev–Trinajstić information content (AvgIpc) is 3.24. The average molecular weight is 414 g/mol. The summed E-state index contributed by atoms with van der Waals surface area (Å²) in [5.74, 6) is 2.39. The van der Waals surface area contributed by atoms with Gasteiger partial charge in [-0.3, -0.25) is 0 Å². The van der Waals surface area contributed by atoms with Crippen LogP contribution >= 0.6 is 0 Å². The molecule has 4 rings (SSSR count). The highest BCUT2D eigenvalue weighted by atomic mass is 16.5. The number of aryl methyl sites for hydroxylation is 1. The topological polar surface area (TPSA) is 66.8 Å². The van der Waals surface area contributed by atoms with Crippen molar-refractivity contribution < 1.29 is 14.6 Å². The van der Waals surface area contributed by atoms with E-state index in [-0.39, 0.29) is 12.1 Å². The van der Waals surface area contributed by atoms with E-state index in [4.69, 9.17) is 14.5 Å². The number of likely N-dealkylation sites (tertiary alicyclic amines) is 1. The predicted molar refractivity (Wildman–Crippen MR) is 121 cm³/mol. The van der Waals surface area contributed by atoms with Gasteiger partial charge in [-0.25, -0.2) is 4.98 Å². The highest BCUT2D eigenvalue weighted by Gasteiger charge is 2.24. The summed E-state index contributed by atoms with van der Waals surface area (Å²) in [6.07, 6.45) is 5.62. The number of fused-ring (bicyclic) bond motifs is 3. The van der Waals surface area contributed by atoms with Crippen LogP contribution in [-0.4, -0.2) is 60.5 Å². The smallest absolute Gasteiger partial charge is 0.163 e. The number of nitrogens with one attached hydrogen (secondary N) is 1. The van der Waals surface area contributed by atoms with Gasteiger partial charge in [0.25, 0.3) is 0 Å². The van der Waals surface area contributed by atoms with Crippen LogP contribution in [0.3, 0.4) is 0 Å². The predicted octanol–water partition coefficient (Wildman–Crippen LogP) is 3.78. The molecule has 0 bridgehead atoms. The van der Waals surface area contributed by atoms with Crippen molar-refractivity contribution in [3.8, 4) is 11.5 Å². The molecule has 0 radical (unpaired) electrons. The summed E-state index contributed by atoms with van der Waals surface area (Å²) < 4.78 is 11.8. The fraction of sp³-hybridized carbons (Fsp3) is 0.625. The van der Waals surface area contributed by atoms with E-state index in [1.165, 1.54) is 31.5 Å². The number of nitrogens with zero attached hydrogens (tertiary/aromatic N) is 2. The van der Waals surface area contributed by atoms with Crippen LogP contribution in [0.25, 0.3) is 10.9 Å². The third-order valence-electron chi connectivity index (χ3n) is 6.16. The minimum atomic E-state index is -0.301. The molecule has 1 atom stereocenters. The van der Waals surface area contributed by atoms with E-state index in [1.807, 2.05) is 6.07 Å². The van der Waals surface area contributed by atoms with Gasteiger partial charge >= 0.3 is 0 Å². The molecule has 2 N–H and O–H groups in total. The van der Waals surface area contributed by atoms with Crippen molar-refractivity contribution in [2.75, 3.05) is 38.7 Å². The van der Waals surface area contributed by atoms with Gasteiger partial charge in [0.15, 0.2) is 11.5 Å². The maximum atomic E-state index is 10.2. The standard InChI is InChI=1S/C24H35N3O3/c1-16(2)25-24-20-13-17(28)7-8-18(20)19-14-22(29-3)23(15-21(19)26-24)30-12-6-11-27-9-4-5-10-27/h14-17,28H,4-13H2,1-3H3,(H,25,26). The van der Waals surface area contributed by atoms with Crippen LogP contribution in [-0.2, 0) is 12.8 Å². The first-order valence-electron chi connectivity index (χ1n) is 11.4. The van der Waals surface area contributed by atoms with Gasteiger partial charge in [-0.2, -0.15) is 0 Å². The fourth-order valence-electron chi connectivity index (χ4n) is 4.67. The Kier molecular flexibility index (Phi) is 6.64. The van der Waals surface area contributed by atoms with Gasteiger partial charge < -0.3 is 24.8 Å². The Morgan fingerprint density at radius 1 is 1.20 bits per heavy atom. The van der Waals surface area contributed by atoms with Gasteiger partial charge in [0, 0.05) is 36.0 Å². The maximum Gasteiger partial charge on any atom is 0.163 e. The monoisotopic (exact) mass is 413 g/mol. The Morgan fingerprint density at radius 2 is 2.00 bits per heavy atom. The Bertz CT molecular complexity index is 878. The van der Waals surface area contributed by atoms with Crippen LogP contribution in [0.5, 0.6) is 11.5 Å². The number of ether oxygens (including phenoxy) is 2. The molecular formula is C24H35N3O3. The number of benzene rings is 1. The van der Waals surface area contributed by atoms with Gasteiger partial charge in [-0.15, -0.1) is 0 Å². The lowest BCUT2D eigenvalue weighted by Gasteiger charge is -2.26. The first-order valence-corrected chi connectivity index (χ1v) is 11.4. The summed E-state index contributed by atoms with van der Waals surface area (Å²) >= 11 is 0. The van der Waals surface area contributed by atoms with Gasteiger partial charge in [0.05, 0.1) is 25.3 Å². The first kappa shape index (κ1) is 21.2. The Morgan fingerprint density at radius 3 is 2.73 bits per heavy atom. The zero-order chi connectivity index (χ0) is 21.1. The van der Waals surface area contributed by atoms with Gasteiger partial charge in [-0.05, 0) is 70.7 Å². The summed E-state index contributed by atoms with van der Waals surface area (Å²) in [5, 5.41) is 14.8. The molecule has 0 spiro atoms. The fourth-order valence-corrected chi connectivity index (χ4v) is 4.67. The number of aliphatic hydroxyl groups is 1. The van der Waals surface area contributed by atoms with Crippen molar-refractivity contribution in [3.63, 3.8) is 0 Å². The van der Waals surface area contributed by atoms with Crippen LogP contribution in [0.1, 0.15) is 50.7 Å². The summed E-state index contributed by atoms with van der Waals surface area (Å²) in [4.78, 5) is 7.43. The molecule has 164 valence electrons. The van der Waals surface area contributed by atoms with Crippen LogP contribution in [0.15, 0.2) is 12.1 Å². The van der Waals surface area contributed by atoms with E-state index in [9.17, 15) is 5.11 Å². The van der Waals surface area contributed by atoms with Gasteiger partial charge in [-0.1, -0.05) is 0 Å². The maximum absolute atomic E-state index is 10.2. The Hall–Kier alpha value is -2.05. The van der Waals surface area contributed by atoms with E-state index in [2.05, 4.69) is 30.1 Å². The molecule has 1 aliphatic heterocycles. The van der Waals surface area contributed by atoms with Crippen LogP contribution in [0, 0.1) is 0 Å². The van der Waals surface area contributed by atoms with E-state index in [0.29, 0.717) is 13.0 Å². The second-order valence-corrected chi connectivity index (χ2v) is 8.88. The second kappa shape index (κ2) is 9.40. The lowest BCUT2D eigenvalue weighted by Crippen LogP contribution is -2.23. The number of aliphatic hydroxyl groups excluding tert-OH is 1. The van der Waals surface area contributed by atoms with Crippen LogP contribution in [0.2, 0.25) is 0 Å². The molecule has 1 fully saturated rings. The zero-order valence-corrected chi connectivity index (χ0v) is 18.5. The summed E-state index contributed by atoms with van der Waals surface area (Å²) in [7, 11) is 1.69. The SMILES string of the molecule is COc1cc2c3c(c(NC(C)C)nc2cc1OCCCN1CCCC1)CC(O)CC3. The van der Waals surface area contributed by atoms with E-state index in [1.54, 1.807) is 7.11 Å². The highest BCUT2D eigenvalue weighted by molar-refractivity contribution is 5.89. The molecule has 1 aliphatic carbocycles. The molecule has 1 aromatic heterocycles. The third kappa shape index (κ3) is 4.65. The Balaban J connectivity index is 1.61. The molecule has 6 heteroatoms. The van der Waals surface area contributed by atoms with E-state index in [0.717, 1.165) is 59.6 Å². The largest absolute Gasteiger partial charge is 0.493 e. The molecule has 0 saturated carbocycles. The van der Waals surface area contributed by atoms with Crippen molar-refractivity contribution >= 4 is 16.7 Å². The van der Waals surface area contributed by atoms with Crippen molar-refractivity contribution in [1.82, 2.24) is 9.88 Å². The third-order valence-corrected chi connectivity index (χ3v) is 6.16. The number of anilines is 1. The summed E-state index contributed by atoms with van der Waals surface area (Å²) in [6.45, 7) is 8.42. The minimum Gasteiger partial charge on any atom is -0.493 e. The van der Waals surface area contributed by atoms with E-state index < -0.39 is 0 Å². The molecule has 1 aromatic carbocycles. The van der Waals surface area contributed by atoms with Crippen molar-refractivity contribution in [3.05, 3.63) is 23.3 Å². The Labute approximate surface area is 179 Å². The molecule has 2 heterocycles. The molecule has 0 amide bonds. The summed E-state index contributed by atoms with van der Waals surface area (Å²) in [6, 6.07) is 4.35. The van der Waals surface area contributed by atoms with Crippen LogP contribution < -0.4 is 14.8 Å². The summed E-state index contributed by atoms with van der Waals surface area (Å²) in [5.41, 5.74) is 3.33. The number of hydrogen-bond donors (Lipinski definition) is 2. The molecule has 30 heavy (non-hydrogen) atoms. The molecular weight excluding hydrogens is 378 g/mol. The van der Waals surface area contributed by atoms with Crippen LogP contribution in [0.4, 0.5) is 5.82 Å². The first-order chi connectivity index (χ1) is 14.5. The van der Waals surface area contributed by atoms with Crippen molar-refractivity contribution in [2.24, 2.45) is 0 Å². The number of aromatic nitrogens is 1. The van der Waals surface area contributed by atoms with E-state index >= 15 is 0 Å². The number of hydrogen-bond acceptors (Lipinski definition) is 6. The lowest BCUT2D eigenvalue weighted by atomic mass is 9.87. The molecule has 1 unspecified atom stereocenters. The number of rotatable bonds is 8. The van der Waals surface area contributed by atoms with Crippen molar-refractivity contribution in [1.29, 1.82) is 0 Å². The number of methoxy groups -OCH3 is 1. The number of pyridine rings is 1. The molecule has 1 saturated heterocycles. The van der Waals surface area contributed by atoms with Gasteiger partial charge in [0.1, 0.15) is 5.82 Å². The minimum absolute atomic E-state index is 0.276. The lowest BCUT2D eigenvalue weighted by molar-refractivity contribution is 0.159. The zero-order valence-electron chi connectivity index (χ0n) is 18.5. The molecule has 2 aromatic rings. The van der Waals surface area contributed by atoms with Gasteiger partial charge in [0.2, 0.25) is 0 Å². The highest BCUT2D eigenvalue weighted by Crippen LogP contribution is 2.38. The van der Waals surface area contributed by atoms with Crippen molar-refractivity contribution in [2.45, 2.75) is 64.5 Å². The second-order valence-electron chi connectivity index (χ2n) is 8.88. The molecule has 6 nitrogen and oxygen atoms in total. The molecule has 2 aliphatic rings. The normalized spacial score (nSPS) is 19.3.